The summed E-state index contributed by atoms with van der Waals surface area (Å²) < 4.78 is 0. The predicted octanol–water partition coefficient (Wildman–Crippen LogP) is 0.867. The monoisotopic (exact) mass is 154 g/mol. The molecule has 2 heteroatoms. The molecule has 2 atom stereocenters. The van der Waals surface area contributed by atoms with Gasteiger partial charge in [0.2, 0.25) is 0 Å². The highest BCUT2D eigenvalue weighted by Crippen LogP contribution is 2.40. The van der Waals surface area contributed by atoms with Gasteiger partial charge in [-0.15, -0.1) is 0 Å². The summed E-state index contributed by atoms with van der Waals surface area (Å²) in [6, 6.07) is 0.489. The van der Waals surface area contributed by atoms with Crippen LogP contribution in [0.3, 0.4) is 0 Å². The molecule has 1 saturated heterocycles. The molecule has 1 heterocycles. The van der Waals surface area contributed by atoms with Gasteiger partial charge in [-0.3, -0.25) is 0 Å². The van der Waals surface area contributed by atoms with E-state index in [1.54, 1.807) is 0 Å². The summed E-state index contributed by atoms with van der Waals surface area (Å²) in [5.41, 5.74) is 6.57. The van der Waals surface area contributed by atoms with Crippen LogP contribution in [0.15, 0.2) is 0 Å². The molecule has 2 rings (SSSR count). The standard InChI is InChI=1S/C9H18N2/c10-8-2-1-3-9(6-8)4-5-11-7-9/h8,11H,1-7,10H2. The van der Waals surface area contributed by atoms with Gasteiger partial charge < -0.3 is 11.1 Å². The maximum atomic E-state index is 5.96. The van der Waals surface area contributed by atoms with Gasteiger partial charge in [0.15, 0.2) is 0 Å². The smallest absolute Gasteiger partial charge is 0.00446 e. The Labute approximate surface area is 68.5 Å². The van der Waals surface area contributed by atoms with Crippen molar-refractivity contribution in [3.63, 3.8) is 0 Å². The maximum absolute atomic E-state index is 5.96. The van der Waals surface area contributed by atoms with Crippen LogP contribution >= 0.6 is 0 Å². The summed E-state index contributed by atoms with van der Waals surface area (Å²) >= 11 is 0. The lowest BCUT2D eigenvalue weighted by Crippen LogP contribution is -2.37. The number of nitrogens with two attached hydrogens (primary N) is 1. The van der Waals surface area contributed by atoms with Crippen molar-refractivity contribution in [2.45, 2.75) is 38.1 Å². The second-order valence-corrected chi connectivity index (χ2v) is 4.28. The molecule has 64 valence electrons. The molecule has 1 spiro atoms. The SMILES string of the molecule is NC1CCCC2(CCNC2)C1. The lowest BCUT2D eigenvalue weighted by Gasteiger charge is -2.35. The minimum atomic E-state index is 0.489. The summed E-state index contributed by atoms with van der Waals surface area (Å²) in [5, 5.41) is 3.45. The second kappa shape index (κ2) is 2.76. The van der Waals surface area contributed by atoms with E-state index in [0.717, 1.165) is 0 Å². The van der Waals surface area contributed by atoms with E-state index >= 15 is 0 Å². The normalized spacial score (nSPS) is 45.0. The third-order valence-corrected chi connectivity index (χ3v) is 3.31. The van der Waals surface area contributed by atoms with Crippen molar-refractivity contribution < 1.29 is 0 Å². The van der Waals surface area contributed by atoms with Crippen molar-refractivity contribution in [1.82, 2.24) is 5.32 Å². The van der Waals surface area contributed by atoms with Crippen LogP contribution in [0.5, 0.6) is 0 Å². The van der Waals surface area contributed by atoms with Gasteiger partial charge in [-0.25, -0.2) is 0 Å². The Morgan fingerprint density at radius 3 is 2.91 bits per heavy atom. The van der Waals surface area contributed by atoms with Crippen LogP contribution in [0.2, 0.25) is 0 Å². The average Bonchev–Trinajstić information content (AvgIpc) is 2.37. The number of nitrogens with one attached hydrogen (secondary N) is 1. The van der Waals surface area contributed by atoms with Gasteiger partial charge in [0.05, 0.1) is 0 Å². The molecular formula is C9H18N2. The molecule has 2 aliphatic rings. The van der Waals surface area contributed by atoms with E-state index < -0.39 is 0 Å². The molecule has 2 unspecified atom stereocenters. The van der Waals surface area contributed by atoms with Gasteiger partial charge in [-0.05, 0) is 37.6 Å². The maximum Gasteiger partial charge on any atom is 0.00446 e. The Bertz CT molecular complexity index is 138. The topological polar surface area (TPSA) is 38.0 Å². The highest BCUT2D eigenvalue weighted by atomic mass is 14.9. The third kappa shape index (κ3) is 1.42. The minimum absolute atomic E-state index is 0.489. The lowest BCUT2D eigenvalue weighted by atomic mass is 9.72. The highest BCUT2D eigenvalue weighted by Gasteiger charge is 2.37. The zero-order chi connectivity index (χ0) is 7.73. The first-order valence-corrected chi connectivity index (χ1v) is 4.77. The van der Waals surface area contributed by atoms with Gasteiger partial charge >= 0.3 is 0 Å². The van der Waals surface area contributed by atoms with Gasteiger partial charge in [0.25, 0.3) is 0 Å². The summed E-state index contributed by atoms with van der Waals surface area (Å²) in [7, 11) is 0. The summed E-state index contributed by atoms with van der Waals surface area (Å²) in [5.74, 6) is 0. The molecule has 1 saturated carbocycles. The van der Waals surface area contributed by atoms with Crippen molar-refractivity contribution >= 4 is 0 Å². The van der Waals surface area contributed by atoms with E-state index in [1.165, 1.54) is 45.2 Å². The zero-order valence-corrected chi connectivity index (χ0v) is 7.10. The van der Waals surface area contributed by atoms with Crippen molar-refractivity contribution in [3.8, 4) is 0 Å². The Morgan fingerprint density at radius 1 is 1.36 bits per heavy atom. The lowest BCUT2D eigenvalue weighted by molar-refractivity contribution is 0.195. The van der Waals surface area contributed by atoms with Crippen LogP contribution in [0.1, 0.15) is 32.1 Å². The van der Waals surface area contributed by atoms with Crippen LogP contribution in [0.25, 0.3) is 0 Å². The molecule has 0 aromatic rings. The zero-order valence-electron chi connectivity index (χ0n) is 7.10. The molecule has 2 fully saturated rings. The summed E-state index contributed by atoms with van der Waals surface area (Å²) in [6.45, 7) is 2.44. The first-order chi connectivity index (χ1) is 5.31. The largest absolute Gasteiger partial charge is 0.328 e. The molecule has 1 aliphatic carbocycles. The van der Waals surface area contributed by atoms with Crippen molar-refractivity contribution in [2.24, 2.45) is 11.1 Å². The van der Waals surface area contributed by atoms with E-state index in [2.05, 4.69) is 5.32 Å². The Morgan fingerprint density at radius 2 is 2.27 bits per heavy atom. The molecule has 11 heavy (non-hydrogen) atoms. The second-order valence-electron chi connectivity index (χ2n) is 4.28. The number of hydrogen-bond acceptors (Lipinski definition) is 2. The number of hydrogen-bond donors (Lipinski definition) is 2. The van der Waals surface area contributed by atoms with Crippen molar-refractivity contribution in [2.75, 3.05) is 13.1 Å². The molecule has 0 bridgehead atoms. The summed E-state index contributed by atoms with van der Waals surface area (Å²) in [4.78, 5) is 0. The van der Waals surface area contributed by atoms with E-state index in [9.17, 15) is 0 Å². The Hall–Kier alpha value is -0.0800. The molecule has 3 N–H and O–H groups in total. The summed E-state index contributed by atoms with van der Waals surface area (Å²) in [6.07, 6.45) is 6.64. The molecule has 1 aliphatic heterocycles. The van der Waals surface area contributed by atoms with E-state index in [1.807, 2.05) is 0 Å². The van der Waals surface area contributed by atoms with Gasteiger partial charge in [-0.2, -0.15) is 0 Å². The fourth-order valence-corrected chi connectivity index (χ4v) is 2.68. The average molecular weight is 154 g/mol. The number of rotatable bonds is 0. The van der Waals surface area contributed by atoms with Crippen LogP contribution in [-0.2, 0) is 0 Å². The quantitative estimate of drug-likeness (QED) is 0.543. The molecular weight excluding hydrogens is 136 g/mol. The van der Waals surface area contributed by atoms with E-state index in [0.29, 0.717) is 11.5 Å². The third-order valence-electron chi connectivity index (χ3n) is 3.31. The Balaban J connectivity index is 2.00. The first-order valence-electron chi connectivity index (χ1n) is 4.77. The fraction of sp³-hybridized carbons (Fsp3) is 1.00. The molecule has 0 aromatic carbocycles. The molecule has 2 nitrogen and oxygen atoms in total. The molecule has 0 radical (unpaired) electrons. The van der Waals surface area contributed by atoms with Crippen molar-refractivity contribution in [3.05, 3.63) is 0 Å². The molecule has 0 amide bonds. The van der Waals surface area contributed by atoms with E-state index in [4.69, 9.17) is 5.73 Å². The fourth-order valence-electron chi connectivity index (χ4n) is 2.68. The van der Waals surface area contributed by atoms with Crippen LogP contribution in [-0.4, -0.2) is 19.1 Å². The van der Waals surface area contributed by atoms with Crippen LogP contribution in [0.4, 0.5) is 0 Å². The van der Waals surface area contributed by atoms with Gasteiger partial charge in [0, 0.05) is 12.6 Å². The predicted molar refractivity (Wildman–Crippen MR) is 46.4 cm³/mol. The van der Waals surface area contributed by atoms with Crippen LogP contribution < -0.4 is 11.1 Å². The highest BCUT2D eigenvalue weighted by molar-refractivity contribution is 4.93. The van der Waals surface area contributed by atoms with Gasteiger partial charge in [0.1, 0.15) is 0 Å². The Kier molecular flexibility index (Phi) is 1.90. The van der Waals surface area contributed by atoms with Crippen LogP contribution in [0, 0.1) is 5.41 Å². The van der Waals surface area contributed by atoms with E-state index in [-0.39, 0.29) is 0 Å². The first kappa shape index (κ1) is 7.56. The minimum Gasteiger partial charge on any atom is -0.328 e. The van der Waals surface area contributed by atoms with Crippen molar-refractivity contribution in [1.29, 1.82) is 0 Å². The van der Waals surface area contributed by atoms with Gasteiger partial charge in [-0.1, -0.05) is 6.42 Å². The molecule has 0 aromatic heterocycles.